The van der Waals surface area contributed by atoms with E-state index in [1.165, 1.54) is 30.5 Å². The Labute approximate surface area is 92.9 Å². The first-order valence-electron chi connectivity index (χ1n) is 6.15. The fraction of sp³-hybridized carbons (Fsp3) is 0.571. The molecule has 0 aromatic heterocycles. The molecule has 1 aliphatic carbocycles. The van der Waals surface area contributed by atoms with Crippen LogP contribution in [-0.2, 0) is 6.42 Å². The van der Waals surface area contributed by atoms with Crippen molar-refractivity contribution in [3.63, 3.8) is 0 Å². The maximum Gasteiger partial charge on any atom is 0.0374 e. The van der Waals surface area contributed by atoms with E-state index in [-0.39, 0.29) is 0 Å². The maximum absolute atomic E-state index is 3.71. The highest BCUT2D eigenvalue weighted by Gasteiger charge is 2.23. The highest BCUT2D eigenvalue weighted by atomic mass is 14.9. The Balaban J connectivity index is 2.09. The third-order valence-electron chi connectivity index (χ3n) is 3.60. The van der Waals surface area contributed by atoms with E-state index in [1.807, 2.05) is 0 Å². The molecule has 2 atom stereocenters. The van der Waals surface area contributed by atoms with Gasteiger partial charge in [-0.3, -0.25) is 0 Å². The van der Waals surface area contributed by atoms with Crippen molar-refractivity contribution < 1.29 is 0 Å². The number of rotatable bonds is 3. The summed E-state index contributed by atoms with van der Waals surface area (Å²) in [7, 11) is 0. The molecule has 1 N–H and O–H groups in total. The van der Waals surface area contributed by atoms with Gasteiger partial charge in [-0.15, -0.1) is 0 Å². The predicted octanol–water partition coefficient (Wildman–Crippen LogP) is 3.85. The zero-order valence-electron chi connectivity index (χ0n) is 9.79. The van der Waals surface area contributed by atoms with E-state index in [2.05, 4.69) is 43.4 Å². The van der Waals surface area contributed by atoms with Gasteiger partial charge >= 0.3 is 0 Å². The molecule has 1 aliphatic rings. The summed E-state index contributed by atoms with van der Waals surface area (Å²) in [5, 5.41) is 3.71. The van der Waals surface area contributed by atoms with Crippen LogP contribution in [0, 0.1) is 5.92 Å². The molecule has 1 fully saturated rings. The fourth-order valence-corrected chi connectivity index (χ4v) is 2.53. The molecule has 15 heavy (non-hydrogen) atoms. The second-order valence-corrected chi connectivity index (χ2v) is 4.67. The van der Waals surface area contributed by atoms with E-state index in [0.29, 0.717) is 6.04 Å². The van der Waals surface area contributed by atoms with Gasteiger partial charge in [0.2, 0.25) is 0 Å². The van der Waals surface area contributed by atoms with E-state index in [0.717, 1.165) is 12.3 Å². The highest BCUT2D eigenvalue weighted by Crippen LogP contribution is 2.29. The van der Waals surface area contributed by atoms with Crippen molar-refractivity contribution in [2.45, 2.75) is 45.6 Å². The first-order chi connectivity index (χ1) is 7.31. The summed E-state index contributed by atoms with van der Waals surface area (Å²) in [6, 6.07) is 9.38. The first kappa shape index (κ1) is 10.5. The largest absolute Gasteiger partial charge is 0.382 e. The van der Waals surface area contributed by atoms with Crippen molar-refractivity contribution in [1.29, 1.82) is 0 Å². The molecule has 0 bridgehead atoms. The smallest absolute Gasteiger partial charge is 0.0374 e. The molecule has 0 spiro atoms. The molecule has 82 valence electrons. The zero-order valence-corrected chi connectivity index (χ0v) is 9.79. The van der Waals surface area contributed by atoms with Crippen molar-refractivity contribution in [3.8, 4) is 0 Å². The first-order valence-corrected chi connectivity index (χ1v) is 6.15. The summed E-state index contributed by atoms with van der Waals surface area (Å²) < 4.78 is 0. The molecular weight excluding hydrogens is 182 g/mol. The Morgan fingerprint density at radius 3 is 2.73 bits per heavy atom. The van der Waals surface area contributed by atoms with Gasteiger partial charge in [0, 0.05) is 11.7 Å². The summed E-state index contributed by atoms with van der Waals surface area (Å²) in [4.78, 5) is 0. The normalized spacial score (nSPS) is 25.5. The molecule has 1 saturated carbocycles. The molecule has 1 aromatic carbocycles. The molecule has 0 heterocycles. The number of anilines is 1. The lowest BCUT2D eigenvalue weighted by atomic mass is 10.0. The topological polar surface area (TPSA) is 12.0 Å². The minimum absolute atomic E-state index is 0.692. The predicted molar refractivity (Wildman–Crippen MR) is 66.2 cm³/mol. The lowest BCUT2D eigenvalue weighted by Gasteiger charge is -2.20. The van der Waals surface area contributed by atoms with Crippen LogP contribution in [0.1, 0.15) is 38.7 Å². The second kappa shape index (κ2) is 4.69. The van der Waals surface area contributed by atoms with E-state index in [9.17, 15) is 0 Å². The summed E-state index contributed by atoms with van der Waals surface area (Å²) in [6.07, 6.45) is 5.21. The second-order valence-electron chi connectivity index (χ2n) is 4.67. The summed E-state index contributed by atoms with van der Waals surface area (Å²) in [5.74, 6) is 0.829. The third-order valence-corrected chi connectivity index (χ3v) is 3.60. The number of nitrogens with one attached hydrogen (secondary N) is 1. The van der Waals surface area contributed by atoms with Crippen LogP contribution in [0.5, 0.6) is 0 Å². The molecule has 2 rings (SSSR count). The highest BCUT2D eigenvalue weighted by molar-refractivity contribution is 5.51. The molecule has 0 amide bonds. The number of para-hydroxylation sites is 1. The van der Waals surface area contributed by atoms with Gasteiger partial charge in [-0.05, 0) is 36.8 Å². The molecule has 0 radical (unpaired) electrons. The van der Waals surface area contributed by atoms with Crippen LogP contribution in [0.15, 0.2) is 24.3 Å². The van der Waals surface area contributed by atoms with E-state index >= 15 is 0 Å². The van der Waals surface area contributed by atoms with Crippen LogP contribution in [0.2, 0.25) is 0 Å². The minimum Gasteiger partial charge on any atom is -0.382 e. The van der Waals surface area contributed by atoms with Gasteiger partial charge in [0.25, 0.3) is 0 Å². The van der Waals surface area contributed by atoms with Gasteiger partial charge in [0.1, 0.15) is 0 Å². The van der Waals surface area contributed by atoms with Crippen molar-refractivity contribution in [3.05, 3.63) is 29.8 Å². The van der Waals surface area contributed by atoms with Crippen LogP contribution < -0.4 is 5.32 Å². The quantitative estimate of drug-likeness (QED) is 0.786. The van der Waals surface area contributed by atoms with Crippen LogP contribution in [0.4, 0.5) is 5.69 Å². The van der Waals surface area contributed by atoms with Gasteiger partial charge in [0.15, 0.2) is 0 Å². The van der Waals surface area contributed by atoms with Gasteiger partial charge in [-0.2, -0.15) is 0 Å². The monoisotopic (exact) mass is 203 g/mol. The number of hydrogen-bond donors (Lipinski definition) is 1. The van der Waals surface area contributed by atoms with Crippen LogP contribution in [0.3, 0.4) is 0 Å². The molecule has 1 heteroatoms. The van der Waals surface area contributed by atoms with E-state index in [4.69, 9.17) is 0 Å². The van der Waals surface area contributed by atoms with Gasteiger partial charge in [-0.25, -0.2) is 0 Å². The zero-order chi connectivity index (χ0) is 10.7. The molecular formula is C14H21N. The lowest BCUT2D eigenvalue weighted by Crippen LogP contribution is -2.22. The summed E-state index contributed by atoms with van der Waals surface area (Å²) >= 11 is 0. The Morgan fingerprint density at radius 1 is 1.27 bits per heavy atom. The van der Waals surface area contributed by atoms with Crippen molar-refractivity contribution >= 4 is 5.69 Å². The lowest BCUT2D eigenvalue weighted by molar-refractivity contribution is 0.556. The molecule has 0 aliphatic heterocycles. The standard InChI is InChI=1S/C14H21N/c1-3-12-8-4-5-9-14(12)15-13-10-6-7-11(13)2/h4-5,8-9,11,13,15H,3,6-7,10H2,1-2H3. The van der Waals surface area contributed by atoms with Crippen molar-refractivity contribution in [1.82, 2.24) is 0 Å². The molecule has 0 saturated heterocycles. The summed E-state index contributed by atoms with van der Waals surface area (Å²) in [5.41, 5.74) is 2.79. The van der Waals surface area contributed by atoms with Crippen molar-refractivity contribution in [2.24, 2.45) is 5.92 Å². The van der Waals surface area contributed by atoms with Gasteiger partial charge in [-0.1, -0.05) is 38.5 Å². The number of hydrogen-bond acceptors (Lipinski definition) is 1. The van der Waals surface area contributed by atoms with Crippen molar-refractivity contribution in [2.75, 3.05) is 5.32 Å². The van der Waals surface area contributed by atoms with Gasteiger partial charge in [0.05, 0.1) is 0 Å². The van der Waals surface area contributed by atoms with Gasteiger partial charge < -0.3 is 5.32 Å². The van der Waals surface area contributed by atoms with Crippen LogP contribution >= 0.6 is 0 Å². The molecule has 2 unspecified atom stereocenters. The average Bonchev–Trinajstić information content (AvgIpc) is 2.65. The molecule has 1 nitrogen and oxygen atoms in total. The third kappa shape index (κ3) is 2.34. The van der Waals surface area contributed by atoms with E-state index < -0.39 is 0 Å². The Hall–Kier alpha value is -0.980. The Morgan fingerprint density at radius 2 is 2.07 bits per heavy atom. The Kier molecular flexibility index (Phi) is 3.30. The van der Waals surface area contributed by atoms with Crippen LogP contribution in [-0.4, -0.2) is 6.04 Å². The maximum atomic E-state index is 3.71. The molecule has 1 aromatic rings. The average molecular weight is 203 g/mol. The number of benzene rings is 1. The number of aryl methyl sites for hydroxylation is 1. The van der Waals surface area contributed by atoms with Crippen LogP contribution in [0.25, 0.3) is 0 Å². The summed E-state index contributed by atoms with van der Waals surface area (Å²) in [6.45, 7) is 4.58. The SMILES string of the molecule is CCc1ccccc1NC1CCCC1C. The minimum atomic E-state index is 0.692. The fourth-order valence-electron chi connectivity index (χ4n) is 2.53. The van der Waals surface area contributed by atoms with E-state index in [1.54, 1.807) is 0 Å². The Bertz CT molecular complexity index is 319.